The number of fused-ring (bicyclic) bond motifs is 1. The Morgan fingerprint density at radius 1 is 1.10 bits per heavy atom. The molecule has 3 aromatic rings. The number of aromatic nitrogens is 1. The van der Waals surface area contributed by atoms with Gasteiger partial charge in [-0.15, -0.1) is 0 Å². The summed E-state index contributed by atoms with van der Waals surface area (Å²) in [5.74, 6) is -0.419. The number of halogens is 2. The Labute approximate surface area is 127 Å². The molecule has 0 amide bonds. The van der Waals surface area contributed by atoms with Crippen LogP contribution in [-0.2, 0) is 6.42 Å². The van der Waals surface area contributed by atoms with Gasteiger partial charge in [-0.1, -0.05) is 48.0 Å². The molecular weight excluding hydrogens is 287 g/mol. The van der Waals surface area contributed by atoms with Gasteiger partial charge in [-0.05, 0) is 29.7 Å². The Morgan fingerprint density at radius 3 is 2.71 bits per heavy atom. The smallest absolute Gasteiger partial charge is 0.142 e. The van der Waals surface area contributed by atoms with E-state index in [4.69, 9.17) is 17.3 Å². The summed E-state index contributed by atoms with van der Waals surface area (Å²) in [6.07, 6.45) is 2.21. The highest BCUT2D eigenvalue weighted by Crippen LogP contribution is 2.27. The maximum atomic E-state index is 13.5. The third-order valence-corrected chi connectivity index (χ3v) is 3.96. The normalized spacial score (nSPS) is 12.5. The molecule has 21 heavy (non-hydrogen) atoms. The number of para-hydroxylation sites is 1. The minimum atomic E-state index is -0.419. The maximum Gasteiger partial charge on any atom is 0.142 e. The molecule has 1 atom stereocenters. The van der Waals surface area contributed by atoms with Crippen LogP contribution in [0, 0.1) is 5.82 Å². The Hall–Kier alpha value is -1.97. The molecule has 0 saturated heterocycles. The summed E-state index contributed by atoms with van der Waals surface area (Å²) in [6, 6.07) is 14.3. The predicted molar refractivity (Wildman–Crippen MR) is 83.8 cm³/mol. The number of nitrogens with two attached hydrogens (primary N) is 1. The van der Waals surface area contributed by atoms with Crippen LogP contribution in [0.5, 0.6) is 0 Å². The van der Waals surface area contributed by atoms with E-state index in [1.807, 2.05) is 30.3 Å². The largest absolute Gasteiger partial charge is 0.324 e. The van der Waals surface area contributed by atoms with E-state index in [9.17, 15) is 4.39 Å². The Balaban J connectivity index is 1.97. The molecule has 0 aliphatic rings. The molecule has 0 aliphatic heterocycles. The Morgan fingerprint density at radius 2 is 1.86 bits per heavy atom. The highest BCUT2D eigenvalue weighted by molar-refractivity contribution is 6.31. The van der Waals surface area contributed by atoms with Gasteiger partial charge in [0, 0.05) is 17.6 Å². The first-order valence-electron chi connectivity index (χ1n) is 6.69. The van der Waals surface area contributed by atoms with Gasteiger partial charge in [0.15, 0.2) is 0 Å². The molecule has 0 fully saturated rings. The van der Waals surface area contributed by atoms with E-state index >= 15 is 0 Å². The molecule has 2 N–H and O–H groups in total. The van der Waals surface area contributed by atoms with Crippen LogP contribution in [0.4, 0.5) is 4.39 Å². The molecule has 2 nitrogen and oxygen atoms in total. The number of pyridine rings is 1. The standard InChI is InChI=1S/C17H14ClFN2/c18-16-12(5-2-8-14(16)19)10-15(20)13-7-1-4-11-6-3-9-21-17(11)13/h1-9,15H,10,20H2. The molecule has 106 valence electrons. The summed E-state index contributed by atoms with van der Waals surface area (Å²) < 4.78 is 13.5. The lowest BCUT2D eigenvalue weighted by Gasteiger charge is -2.15. The SMILES string of the molecule is NC(Cc1cccc(F)c1Cl)c1cccc2cccnc12. The summed E-state index contributed by atoms with van der Waals surface area (Å²) in [5.41, 5.74) is 8.81. The zero-order valence-electron chi connectivity index (χ0n) is 11.3. The van der Waals surface area contributed by atoms with Crippen LogP contribution in [0.25, 0.3) is 10.9 Å². The van der Waals surface area contributed by atoms with E-state index in [1.54, 1.807) is 18.3 Å². The van der Waals surface area contributed by atoms with E-state index < -0.39 is 5.82 Å². The first-order chi connectivity index (χ1) is 10.2. The first-order valence-corrected chi connectivity index (χ1v) is 7.06. The van der Waals surface area contributed by atoms with E-state index in [0.29, 0.717) is 12.0 Å². The van der Waals surface area contributed by atoms with Gasteiger partial charge >= 0.3 is 0 Å². The second-order valence-electron chi connectivity index (χ2n) is 4.95. The van der Waals surface area contributed by atoms with Crippen molar-refractivity contribution in [1.82, 2.24) is 4.98 Å². The molecule has 1 unspecified atom stereocenters. The van der Waals surface area contributed by atoms with Crippen LogP contribution in [0.3, 0.4) is 0 Å². The third kappa shape index (κ3) is 2.75. The van der Waals surface area contributed by atoms with Crippen molar-refractivity contribution >= 4 is 22.5 Å². The van der Waals surface area contributed by atoms with Crippen molar-refractivity contribution in [2.24, 2.45) is 5.73 Å². The number of benzene rings is 2. The molecule has 0 radical (unpaired) electrons. The van der Waals surface area contributed by atoms with E-state index in [2.05, 4.69) is 4.98 Å². The minimum Gasteiger partial charge on any atom is -0.324 e. The number of nitrogens with zero attached hydrogens (tertiary/aromatic N) is 1. The van der Waals surface area contributed by atoms with Crippen molar-refractivity contribution in [2.45, 2.75) is 12.5 Å². The summed E-state index contributed by atoms with van der Waals surface area (Å²) in [5, 5.41) is 1.18. The van der Waals surface area contributed by atoms with Gasteiger partial charge in [0.1, 0.15) is 5.82 Å². The minimum absolute atomic E-state index is 0.140. The molecule has 2 aromatic carbocycles. The number of hydrogen-bond donors (Lipinski definition) is 1. The van der Waals surface area contributed by atoms with Crippen molar-refractivity contribution in [3.63, 3.8) is 0 Å². The van der Waals surface area contributed by atoms with Crippen molar-refractivity contribution in [1.29, 1.82) is 0 Å². The quantitative estimate of drug-likeness (QED) is 0.784. The third-order valence-electron chi connectivity index (χ3n) is 3.53. The van der Waals surface area contributed by atoms with Gasteiger partial charge in [0.2, 0.25) is 0 Å². The van der Waals surface area contributed by atoms with Crippen molar-refractivity contribution < 1.29 is 4.39 Å². The molecule has 0 aliphatic carbocycles. The lowest BCUT2D eigenvalue weighted by Crippen LogP contribution is -2.14. The molecule has 0 bridgehead atoms. The Kier molecular flexibility index (Phi) is 3.86. The molecule has 1 heterocycles. The van der Waals surface area contributed by atoms with Crippen molar-refractivity contribution in [3.05, 3.63) is 76.7 Å². The summed E-state index contributed by atoms with van der Waals surface area (Å²) in [7, 11) is 0. The van der Waals surface area contributed by atoms with Gasteiger partial charge in [-0.25, -0.2) is 4.39 Å². The number of rotatable bonds is 3. The van der Waals surface area contributed by atoms with Gasteiger partial charge in [-0.2, -0.15) is 0 Å². The summed E-state index contributed by atoms with van der Waals surface area (Å²) in [4.78, 5) is 4.40. The lowest BCUT2D eigenvalue weighted by atomic mass is 9.97. The first kappa shape index (κ1) is 14.0. The predicted octanol–water partition coefficient (Wildman–Crippen LogP) is 4.27. The molecule has 3 rings (SSSR count). The average Bonchev–Trinajstić information content (AvgIpc) is 2.51. The highest BCUT2D eigenvalue weighted by Gasteiger charge is 2.14. The summed E-state index contributed by atoms with van der Waals surface area (Å²) >= 11 is 6.00. The molecular formula is C17H14ClFN2. The van der Waals surface area contributed by atoms with Crippen molar-refractivity contribution in [3.8, 4) is 0 Å². The van der Waals surface area contributed by atoms with Crippen LogP contribution in [0.1, 0.15) is 17.2 Å². The fourth-order valence-electron chi connectivity index (χ4n) is 2.48. The van der Waals surface area contributed by atoms with Crippen LogP contribution >= 0.6 is 11.6 Å². The molecule has 0 spiro atoms. The second-order valence-corrected chi connectivity index (χ2v) is 5.32. The molecule has 1 aromatic heterocycles. The summed E-state index contributed by atoms with van der Waals surface area (Å²) in [6.45, 7) is 0. The van der Waals surface area contributed by atoms with Gasteiger partial charge in [0.05, 0.1) is 10.5 Å². The van der Waals surface area contributed by atoms with E-state index in [-0.39, 0.29) is 11.1 Å². The van der Waals surface area contributed by atoms with Crippen LogP contribution < -0.4 is 5.73 Å². The zero-order chi connectivity index (χ0) is 14.8. The monoisotopic (exact) mass is 300 g/mol. The van der Waals surface area contributed by atoms with Gasteiger partial charge in [-0.3, -0.25) is 4.98 Å². The van der Waals surface area contributed by atoms with Crippen molar-refractivity contribution in [2.75, 3.05) is 0 Å². The number of hydrogen-bond acceptors (Lipinski definition) is 2. The molecule has 4 heteroatoms. The van der Waals surface area contributed by atoms with Crippen LogP contribution in [-0.4, -0.2) is 4.98 Å². The fraction of sp³-hybridized carbons (Fsp3) is 0.118. The molecule has 0 saturated carbocycles. The lowest BCUT2D eigenvalue weighted by molar-refractivity contribution is 0.622. The van der Waals surface area contributed by atoms with E-state index in [1.165, 1.54) is 6.07 Å². The topological polar surface area (TPSA) is 38.9 Å². The Bertz CT molecular complexity index is 783. The maximum absolute atomic E-state index is 13.5. The fourth-order valence-corrected chi connectivity index (χ4v) is 2.68. The van der Waals surface area contributed by atoms with E-state index in [0.717, 1.165) is 16.5 Å². The van der Waals surface area contributed by atoms with Crippen LogP contribution in [0.15, 0.2) is 54.7 Å². The zero-order valence-corrected chi connectivity index (χ0v) is 12.0. The average molecular weight is 301 g/mol. The van der Waals surface area contributed by atoms with Gasteiger partial charge in [0.25, 0.3) is 0 Å². The van der Waals surface area contributed by atoms with Crippen LogP contribution in [0.2, 0.25) is 5.02 Å². The second kappa shape index (κ2) is 5.80. The van der Waals surface area contributed by atoms with Gasteiger partial charge < -0.3 is 5.73 Å². The highest BCUT2D eigenvalue weighted by atomic mass is 35.5.